The molecule has 0 bridgehead atoms. The molecule has 1 aliphatic heterocycles. The zero-order chi connectivity index (χ0) is 11.4. The van der Waals surface area contributed by atoms with E-state index in [0.717, 1.165) is 35.2 Å². The van der Waals surface area contributed by atoms with Crippen LogP contribution in [-0.2, 0) is 16.1 Å². The molecule has 1 heterocycles. The highest BCUT2D eigenvalue weighted by molar-refractivity contribution is 9.10. The van der Waals surface area contributed by atoms with E-state index < -0.39 is 0 Å². The molecule has 1 aromatic carbocycles. The number of anilines is 1. The van der Waals surface area contributed by atoms with E-state index in [9.17, 15) is 0 Å². The number of benzene rings is 1. The summed E-state index contributed by atoms with van der Waals surface area (Å²) in [6, 6.07) is 5.85. The van der Waals surface area contributed by atoms with E-state index in [1.165, 1.54) is 0 Å². The third-order valence-corrected chi connectivity index (χ3v) is 3.19. The van der Waals surface area contributed by atoms with Gasteiger partial charge in [0, 0.05) is 22.3 Å². The molecule has 0 radical (unpaired) electrons. The Morgan fingerprint density at radius 3 is 3.06 bits per heavy atom. The minimum atomic E-state index is 0.275. The summed E-state index contributed by atoms with van der Waals surface area (Å²) in [5.74, 6) is 0. The highest BCUT2D eigenvalue weighted by Crippen LogP contribution is 2.20. The maximum Gasteiger partial charge on any atom is 0.0809 e. The Labute approximate surface area is 104 Å². The summed E-state index contributed by atoms with van der Waals surface area (Å²) in [4.78, 5) is 0. The predicted molar refractivity (Wildman–Crippen MR) is 67.2 cm³/mol. The molecule has 0 amide bonds. The van der Waals surface area contributed by atoms with Crippen LogP contribution >= 0.6 is 15.9 Å². The van der Waals surface area contributed by atoms with Crippen molar-refractivity contribution in [2.75, 3.05) is 18.9 Å². The Morgan fingerprint density at radius 1 is 1.50 bits per heavy atom. The first-order chi connectivity index (χ1) is 7.75. The van der Waals surface area contributed by atoms with E-state index in [1.54, 1.807) is 0 Å². The van der Waals surface area contributed by atoms with E-state index in [-0.39, 0.29) is 6.10 Å². The van der Waals surface area contributed by atoms with Crippen molar-refractivity contribution in [3.05, 3.63) is 28.2 Å². The number of nitrogen functional groups attached to an aromatic ring is 1. The Hall–Kier alpha value is -0.580. The number of halogens is 1. The lowest BCUT2D eigenvalue weighted by atomic mass is 10.2. The van der Waals surface area contributed by atoms with Crippen molar-refractivity contribution in [2.45, 2.75) is 25.6 Å². The van der Waals surface area contributed by atoms with Crippen molar-refractivity contribution >= 4 is 21.6 Å². The highest BCUT2D eigenvalue weighted by atomic mass is 79.9. The Bertz CT molecular complexity index is 351. The molecule has 88 valence electrons. The van der Waals surface area contributed by atoms with Crippen LogP contribution in [0.4, 0.5) is 5.69 Å². The van der Waals surface area contributed by atoms with Crippen LogP contribution in [0.25, 0.3) is 0 Å². The van der Waals surface area contributed by atoms with E-state index in [4.69, 9.17) is 15.2 Å². The van der Waals surface area contributed by atoms with Gasteiger partial charge in [-0.05, 0) is 25.0 Å². The van der Waals surface area contributed by atoms with Gasteiger partial charge in [-0.1, -0.05) is 22.0 Å². The summed E-state index contributed by atoms with van der Waals surface area (Å²) in [6.07, 6.45) is 2.53. The summed E-state index contributed by atoms with van der Waals surface area (Å²) in [5, 5.41) is 0. The lowest BCUT2D eigenvalue weighted by molar-refractivity contribution is 0.0107. The molecule has 0 aliphatic carbocycles. The van der Waals surface area contributed by atoms with Crippen molar-refractivity contribution in [1.82, 2.24) is 0 Å². The van der Waals surface area contributed by atoms with Crippen LogP contribution in [0.1, 0.15) is 18.4 Å². The first-order valence-electron chi connectivity index (χ1n) is 5.49. The lowest BCUT2D eigenvalue weighted by Gasteiger charge is -2.11. The molecule has 1 saturated heterocycles. The van der Waals surface area contributed by atoms with Gasteiger partial charge in [0.05, 0.1) is 19.3 Å². The van der Waals surface area contributed by atoms with Gasteiger partial charge in [0.1, 0.15) is 0 Å². The van der Waals surface area contributed by atoms with Crippen molar-refractivity contribution < 1.29 is 9.47 Å². The largest absolute Gasteiger partial charge is 0.398 e. The van der Waals surface area contributed by atoms with Crippen LogP contribution in [0.2, 0.25) is 0 Å². The first kappa shape index (κ1) is 11.9. The summed E-state index contributed by atoms with van der Waals surface area (Å²) in [7, 11) is 0. The predicted octanol–water partition coefficient (Wildman–Crippen LogP) is 2.73. The fourth-order valence-corrected chi connectivity index (χ4v) is 2.15. The monoisotopic (exact) mass is 285 g/mol. The molecule has 1 aromatic rings. The van der Waals surface area contributed by atoms with Gasteiger partial charge >= 0.3 is 0 Å². The Morgan fingerprint density at radius 2 is 2.38 bits per heavy atom. The van der Waals surface area contributed by atoms with Crippen LogP contribution in [0.5, 0.6) is 0 Å². The van der Waals surface area contributed by atoms with E-state index in [2.05, 4.69) is 15.9 Å². The number of ether oxygens (including phenoxy) is 2. The smallest absolute Gasteiger partial charge is 0.0809 e. The number of nitrogens with two attached hydrogens (primary N) is 1. The van der Waals surface area contributed by atoms with Crippen molar-refractivity contribution in [2.24, 2.45) is 0 Å². The molecular weight excluding hydrogens is 270 g/mol. The third-order valence-electron chi connectivity index (χ3n) is 2.69. The van der Waals surface area contributed by atoms with Crippen LogP contribution in [-0.4, -0.2) is 19.3 Å². The van der Waals surface area contributed by atoms with Crippen LogP contribution in [0.15, 0.2) is 22.7 Å². The van der Waals surface area contributed by atoms with Gasteiger partial charge in [0.2, 0.25) is 0 Å². The minimum Gasteiger partial charge on any atom is -0.398 e. The van der Waals surface area contributed by atoms with Crippen molar-refractivity contribution in [3.63, 3.8) is 0 Å². The van der Waals surface area contributed by atoms with E-state index >= 15 is 0 Å². The molecule has 4 heteroatoms. The van der Waals surface area contributed by atoms with Gasteiger partial charge in [-0.3, -0.25) is 0 Å². The Kier molecular flexibility index (Phi) is 4.21. The van der Waals surface area contributed by atoms with E-state index in [1.807, 2.05) is 18.2 Å². The molecule has 2 N–H and O–H groups in total. The van der Waals surface area contributed by atoms with Gasteiger partial charge in [-0.2, -0.15) is 0 Å². The SMILES string of the molecule is Nc1cc(Br)ccc1COCC1CCCO1. The van der Waals surface area contributed by atoms with Gasteiger partial charge in [0.15, 0.2) is 0 Å². The average Bonchev–Trinajstić information content (AvgIpc) is 2.74. The molecule has 0 spiro atoms. The molecular formula is C12H16BrNO2. The fourth-order valence-electron chi connectivity index (χ4n) is 1.77. The second-order valence-electron chi connectivity index (χ2n) is 3.99. The Balaban J connectivity index is 1.80. The van der Waals surface area contributed by atoms with Gasteiger partial charge in [0.25, 0.3) is 0 Å². The average molecular weight is 286 g/mol. The van der Waals surface area contributed by atoms with Crippen LogP contribution < -0.4 is 5.73 Å². The topological polar surface area (TPSA) is 44.5 Å². The first-order valence-corrected chi connectivity index (χ1v) is 6.28. The van der Waals surface area contributed by atoms with Gasteiger partial charge in [-0.25, -0.2) is 0 Å². The highest BCUT2D eigenvalue weighted by Gasteiger charge is 2.15. The molecule has 3 nitrogen and oxygen atoms in total. The quantitative estimate of drug-likeness (QED) is 0.866. The molecule has 0 saturated carbocycles. The van der Waals surface area contributed by atoms with Crippen LogP contribution in [0.3, 0.4) is 0 Å². The molecule has 16 heavy (non-hydrogen) atoms. The molecule has 1 atom stereocenters. The number of hydrogen-bond donors (Lipinski definition) is 1. The fraction of sp³-hybridized carbons (Fsp3) is 0.500. The van der Waals surface area contributed by atoms with Crippen molar-refractivity contribution in [3.8, 4) is 0 Å². The molecule has 2 rings (SSSR count). The van der Waals surface area contributed by atoms with Crippen LogP contribution in [0, 0.1) is 0 Å². The number of rotatable bonds is 4. The zero-order valence-electron chi connectivity index (χ0n) is 9.12. The summed E-state index contributed by atoms with van der Waals surface area (Å²) in [6.45, 7) is 2.09. The second kappa shape index (κ2) is 5.66. The maximum atomic E-state index is 5.87. The lowest BCUT2D eigenvalue weighted by Crippen LogP contribution is -2.14. The molecule has 0 aromatic heterocycles. The summed E-state index contributed by atoms with van der Waals surface area (Å²) < 4.78 is 12.1. The second-order valence-corrected chi connectivity index (χ2v) is 4.91. The normalized spacial score (nSPS) is 20.2. The van der Waals surface area contributed by atoms with Gasteiger partial charge < -0.3 is 15.2 Å². The standard InChI is InChI=1S/C12H16BrNO2/c13-10-4-3-9(12(14)6-10)7-15-8-11-2-1-5-16-11/h3-4,6,11H,1-2,5,7-8,14H2. The summed E-state index contributed by atoms with van der Waals surface area (Å²) in [5.41, 5.74) is 7.67. The van der Waals surface area contributed by atoms with E-state index in [0.29, 0.717) is 13.2 Å². The molecule has 1 unspecified atom stereocenters. The van der Waals surface area contributed by atoms with Gasteiger partial charge in [-0.15, -0.1) is 0 Å². The molecule has 1 aliphatic rings. The third kappa shape index (κ3) is 3.20. The zero-order valence-corrected chi connectivity index (χ0v) is 10.7. The minimum absolute atomic E-state index is 0.275. The number of hydrogen-bond acceptors (Lipinski definition) is 3. The summed E-state index contributed by atoms with van der Waals surface area (Å²) >= 11 is 3.38. The van der Waals surface area contributed by atoms with Crippen molar-refractivity contribution in [1.29, 1.82) is 0 Å². The molecule has 1 fully saturated rings. The maximum absolute atomic E-state index is 5.87.